The zero-order valence-electron chi connectivity index (χ0n) is 10.1. The van der Waals surface area contributed by atoms with Crippen molar-refractivity contribution in [3.8, 4) is 0 Å². The maximum atomic E-state index is 5.95. The minimum Gasteiger partial charge on any atom is -0.328 e. The van der Waals surface area contributed by atoms with E-state index < -0.39 is 0 Å². The van der Waals surface area contributed by atoms with Crippen LogP contribution in [0.25, 0.3) is 0 Å². The van der Waals surface area contributed by atoms with Crippen LogP contribution in [0.1, 0.15) is 51.9 Å². The molecule has 0 aromatic carbocycles. The van der Waals surface area contributed by atoms with Crippen LogP contribution in [-0.4, -0.2) is 30.1 Å². The molecule has 1 unspecified atom stereocenters. The summed E-state index contributed by atoms with van der Waals surface area (Å²) < 4.78 is 0. The molecule has 0 aliphatic heterocycles. The lowest BCUT2D eigenvalue weighted by molar-refractivity contribution is 0.245. The van der Waals surface area contributed by atoms with Gasteiger partial charge in [0.15, 0.2) is 0 Å². The Kier molecular flexibility index (Phi) is 4.04. The third kappa shape index (κ3) is 4.12. The van der Waals surface area contributed by atoms with Gasteiger partial charge in [0.25, 0.3) is 0 Å². The molecule has 2 aliphatic rings. The first-order valence-corrected chi connectivity index (χ1v) is 6.79. The van der Waals surface area contributed by atoms with Crippen LogP contribution in [0.15, 0.2) is 0 Å². The average Bonchev–Trinajstić information content (AvgIpc) is 3.07. The second-order valence-corrected chi connectivity index (χ2v) is 5.48. The highest BCUT2D eigenvalue weighted by Crippen LogP contribution is 2.34. The Balaban J connectivity index is 1.60. The Bertz CT molecular complexity index is 185. The highest BCUT2D eigenvalue weighted by Gasteiger charge is 2.33. The molecule has 1 atom stereocenters. The molecule has 0 amide bonds. The van der Waals surface area contributed by atoms with Crippen LogP contribution in [0.3, 0.4) is 0 Å². The molecule has 2 N–H and O–H groups in total. The highest BCUT2D eigenvalue weighted by atomic mass is 15.2. The third-order valence-corrected chi connectivity index (χ3v) is 3.80. The predicted octanol–water partition coefficient (Wildman–Crippen LogP) is 2.38. The fourth-order valence-electron chi connectivity index (χ4n) is 2.26. The molecule has 2 saturated carbocycles. The number of nitrogens with zero attached hydrogens (tertiary/aromatic N) is 1. The zero-order valence-corrected chi connectivity index (χ0v) is 10.1. The Labute approximate surface area is 94.2 Å². The predicted molar refractivity (Wildman–Crippen MR) is 64.8 cm³/mol. The van der Waals surface area contributed by atoms with E-state index in [9.17, 15) is 0 Å². The van der Waals surface area contributed by atoms with Gasteiger partial charge in [-0.3, -0.25) is 0 Å². The molecule has 0 aromatic rings. The number of nitrogens with two attached hydrogens (primary N) is 1. The minimum absolute atomic E-state index is 0.437. The Morgan fingerprint density at radius 3 is 2.53 bits per heavy atom. The Morgan fingerprint density at radius 2 is 2.00 bits per heavy atom. The van der Waals surface area contributed by atoms with Crippen LogP contribution < -0.4 is 5.73 Å². The van der Waals surface area contributed by atoms with Crippen LogP contribution in [0.2, 0.25) is 0 Å². The van der Waals surface area contributed by atoms with Gasteiger partial charge in [0.1, 0.15) is 0 Å². The van der Waals surface area contributed by atoms with Crippen molar-refractivity contribution in [3.63, 3.8) is 0 Å². The van der Waals surface area contributed by atoms with Crippen molar-refractivity contribution in [1.82, 2.24) is 4.90 Å². The summed E-state index contributed by atoms with van der Waals surface area (Å²) in [5.41, 5.74) is 5.95. The smallest absolute Gasteiger partial charge is 0.00965 e. The van der Waals surface area contributed by atoms with Gasteiger partial charge in [-0.25, -0.2) is 0 Å². The van der Waals surface area contributed by atoms with Gasteiger partial charge < -0.3 is 10.6 Å². The average molecular weight is 210 g/mol. The summed E-state index contributed by atoms with van der Waals surface area (Å²) in [5.74, 6) is 1.05. The lowest BCUT2D eigenvalue weighted by Gasteiger charge is -2.22. The van der Waals surface area contributed by atoms with Gasteiger partial charge in [0.2, 0.25) is 0 Å². The van der Waals surface area contributed by atoms with E-state index in [4.69, 9.17) is 5.73 Å². The lowest BCUT2D eigenvalue weighted by Crippen LogP contribution is -2.30. The molecule has 2 nitrogen and oxygen atoms in total. The van der Waals surface area contributed by atoms with Crippen molar-refractivity contribution in [2.75, 3.05) is 13.1 Å². The first-order valence-electron chi connectivity index (χ1n) is 6.79. The molecule has 0 aromatic heterocycles. The van der Waals surface area contributed by atoms with E-state index in [1.54, 1.807) is 0 Å². The zero-order chi connectivity index (χ0) is 10.7. The summed E-state index contributed by atoms with van der Waals surface area (Å²) >= 11 is 0. The molecule has 2 fully saturated rings. The maximum Gasteiger partial charge on any atom is 0.00965 e. The molecule has 0 radical (unpaired) electrons. The van der Waals surface area contributed by atoms with Crippen molar-refractivity contribution < 1.29 is 0 Å². The molecule has 0 saturated heterocycles. The molecule has 15 heavy (non-hydrogen) atoms. The third-order valence-electron chi connectivity index (χ3n) is 3.80. The molecule has 2 rings (SSSR count). The monoisotopic (exact) mass is 210 g/mol. The quantitative estimate of drug-likeness (QED) is 0.666. The largest absolute Gasteiger partial charge is 0.328 e. The van der Waals surface area contributed by atoms with Gasteiger partial charge in [-0.1, -0.05) is 6.92 Å². The van der Waals surface area contributed by atoms with E-state index in [2.05, 4.69) is 11.8 Å². The van der Waals surface area contributed by atoms with Crippen LogP contribution in [-0.2, 0) is 0 Å². The molecule has 88 valence electrons. The summed E-state index contributed by atoms with van der Waals surface area (Å²) in [6, 6.07) is 1.38. The van der Waals surface area contributed by atoms with Crippen molar-refractivity contribution in [3.05, 3.63) is 0 Å². The van der Waals surface area contributed by atoms with E-state index in [-0.39, 0.29) is 0 Å². The normalized spacial score (nSPS) is 23.4. The number of hydrogen-bond acceptors (Lipinski definition) is 2. The van der Waals surface area contributed by atoms with Gasteiger partial charge in [-0.2, -0.15) is 0 Å². The van der Waals surface area contributed by atoms with Crippen LogP contribution in [0, 0.1) is 5.92 Å². The highest BCUT2D eigenvalue weighted by molar-refractivity contribution is 4.88. The molecule has 2 aliphatic carbocycles. The van der Waals surface area contributed by atoms with Crippen molar-refractivity contribution in [2.24, 2.45) is 11.7 Å². The topological polar surface area (TPSA) is 29.3 Å². The molecular weight excluding hydrogens is 184 g/mol. The molecule has 0 bridgehead atoms. The van der Waals surface area contributed by atoms with E-state index >= 15 is 0 Å². The van der Waals surface area contributed by atoms with E-state index in [0.717, 1.165) is 18.4 Å². The first kappa shape index (κ1) is 11.4. The summed E-state index contributed by atoms with van der Waals surface area (Å²) in [7, 11) is 0. The molecule has 2 heteroatoms. The van der Waals surface area contributed by atoms with Crippen LogP contribution in [0.5, 0.6) is 0 Å². The van der Waals surface area contributed by atoms with Crippen molar-refractivity contribution in [1.29, 1.82) is 0 Å². The van der Waals surface area contributed by atoms with Gasteiger partial charge in [-0.15, -0.1) is 0 Å². The molecule has 0 heterocycles. The van der Waals surface area contributed by atoms with Gasteiger partial charge in [0.05, 0.1) is 0 Å². The van der Waals surface area contributed by atoms with Gasteiger partial charge in [-0.05, 0) is 57.4 Å². The fraction of sp³-hybridized carbons (Fsp3) is 1.00. The number of hydrogen-bond donors (Lipinski definition) is 1. The van der Waals surface area contributed by atoms with Gasteiger partial charge in [0, 0.05) is 18.6 Å². The van der Waals surface area contributed by atoms with Crippen LogP contribution >= 0.6 is 0 Å². The lowest BCUT2D eigenvalue weighted by atomic mass is 10.1. The SMILES string of the molecule is CCC(N)CCCN(CC1CC1)C1CC1. The Hall–Kier alpha value is -0.0800. The van der Waals surface area contributed by atoms with Crippen molar-refractivity contribution >= 4 is 0 Å². The standard InChI is InChI=1S/C13H26N2/c1-2-12(14)4-3-9-15(13-7-8-13)10-11-5-6-11/h11-13H,2-10,14H2,1H3. The van der Waals surface area contributed by atoms with E-state index in [1.165, 1.54) is 51.6 Å². The second kappa shape index (κ2) is 5.31. The summed E-state index contributed by atoms with van der Waals surface area (Å²) in [6.45, 7) is 4.87. The fourth-order valence-corrected chi connectivity index (χ4v) is 2.26. The van der Waals surface area contributed by atoms with Crippen LogP contribution in [0.4, 0.5) is 0 Å². The maximum absolute atomic E-state index is 5.95. The Morgan fingerprint density at radius 1 is 1.27 bits per heavy atom. The molecular formula is C13H26N2. The van der Waals surface area contributed by atoms with Gasteiger partial charge >= 0.3 is 0 Å². The van der Waals surface area contributed by atoms with Crippen molar-refractivity contribution in [2.45, 2.75) is 64.0 Å². The van der Waals surface area contributed by atoms with E-state index in [1.807, 2.05) is 0 Å². The minimum atomic E-state index is 0.437. The molecule has 0 spiro atoms. The summed E-state index contributed by atoms with van der Waals surface area (Å²) in [6.07, 6.45) is 9.52. The number of rotatable bonds is 8. The summed E-state index contributed by atoms with van der Waals surface area (Å²) in [4.78, 5) is 2.74. The van der Waals surface area contributed by atoms with E-state index in [0.29, 0.717) is 6.04 Å². The summed E-state index contributed by atoms with van der Waals surface area (Å²) in [5, 5.41) is 0. The first-order chi connectivity index (χ1) is 7.29. The second-order valence-electron chi connectivity index (χ2n) is 5.48.